The minimum atomic E-state index is -0.760. The van der Waals surface area contributed by atoms with Crippen molar-refractivity contribution >= 4 is 34.3 Å². The Morgan fingerprint density at radius 2 is 1.82 bits per heavy atom. The van der Waals surface area contributed by atoms with Gasteiger partial charge in [-0.3, -0.25) is 9.59 Å². The second kappa shape index (κ2) is 7.07. The molecule has 0 saturated carbocycles. The molecule has 0 spiro atoms. The molecule has 2 heterocycles. The fraction of sp³-hybridized carbons (Fsp3) is 0.150. The van der Waals surface area contributed by atoms with Crippen LogP contribution in [0.2, 0.25) is 0 Å². The Morgan fingerprint density at radius 1 is 1.07 bits per heavy atom. The van der Waals surface area contributed by atoms with E-state index < -0.39 is 18.5 Å². The molecule has 8 heteroatoms. The normalized spacial score (nSPS) is 12.0. The summed E-state index contributed by atoms with van der Waals surface area (Å²) >= 11 is 0. The lowest BCUT2D eigenvalue weighted by Crippen LogP contribution is -2.21. The maximum absolute atomic E-state index is 12.2. The minimum absolute atomic E-state index is 0.00139. The number of nitrogens with one attached hydrogen (secondary N) is 1. The highest BCUT2D eigenvalue weighted by molar-refractivity contribution is 6.05. The fourth-order valence-corrected chi connectivity index (χ4v) is 2.81. The van der Waals surface area contributed by atoms with Crippen LogP contribution in [0.25, 0.3) is 11.0 Å². The summed E-state index contributed by atoms with van der Waals surface area (Å²) in [6.07, 6.45) is 0. The van der Waals surface area contributed by atoms with Gasteiger partial charge in [-0.05, 0) is 25.1 Å². The molecule has 1 aromatic heterocycles. The number of carbonyl (C=O) groups excluding carboxylic acids is 3. The van der Waals surface area contributed by atoms with Crippen LogP contribution >= 0.6 is 0 Å². The molecule has 4 rings (SSSR count). The van der Waals surface area contributed by atoms with Gasteiger partial charge in [0, 0.05) is 17.0 Å². The number of esters is 1. The Labute approximate surface area is 159 Å². The molecule has 8 nitrogen and oxygen atoms in total. The number of ether oxygens (including phenoxy) is 3. The minimum Gasteiger partial charge on any atom is -0.454 e. The highest BCUT2D eigenvalue weighted by Gasteiger charge is 2.21. The first-order valence-corrected chi connectivity index (χ1v) is 8.41. The summed E-state index contributed by atoms with van der Waals surface area (Å²) in [5, 5.41) is 3.31. The largest absolute Gasteiger partial charge is 0.454 e. The standard InChI is InChI=1S/C20H15NO7/c1-11(22)13-7-16-17(27-10-26-16)8-14(13)21-19(23)9-25-20(24)18-6-12-4-2-3-5-15(12)28-18/h2-8H,9-10H2,1H3,(H,21,23). The van der Waals surface area contributed by atoms with E-state index in [1.807, 2.05) is 6.07 Å². The van der Waals surface area contributed by atoms with E-state index in [0.29, 0.717) is 17.1 Å². The van der Waals surface area contributed by atoms with E-state index in [4.69, 9.17) is 18.6 Å². The second-order valence-electron chi connectivity index (χ2n) is 6.08. The SMILES string of the molecule is CC(=O)c1cc2c(cc1NC(=O)COC(=O)c1cc3ccccc3o1)OCO2. The van der Waals surface area contributed by atoms with Crippen LogP contribution in [0.5, 0.6) is 11.5 Å². The van der Waals surface area contributed by atoms with Crippen molar-refractivity contribution in [3.63, 3.8) is 0 Å². The Bertz CT molecular complexity index is 1070. The predicted molar refractivity (Wildman–Crippen MR) is 97.7 cm³/mol. The molecule has 28 heavy (non-hydrogen) atoms. The number of carbonyl (C=O) groups is 3. The van der Waals surface area contributed by atoms with Gasteiger partial charge in [-0.1, -0.05) is 18.2 Å². The maximum atomic E-state index is 12.2. The zero-order valence-corrected chi connectivity index (χ0v) is 14.8. The van der Waals surface area contributed by atoms with Gasteiger partial charge in [0.1, 0.15) is 5.58 Å². The van der Waals surface area contributed by atoms with Crippen molar-refractivity contribution in [3.05, 3.63) is 53.8 Å². The average Bonchev–Trinajstić information content (AvgIpc) is 3.31. The number of ketones is 1. The van der Waals surface area contributed by atoms with Crippen LogP contribution in [0.1, 0.15) is 27.8 Å². The molecule has 142 valence electrons. The highest BCUT2D eigenvalue weighted by Crippen LogP contribution is 2.37. The van der Waals surface area contributed by atoms with Gasteiger partial charge in [0.05, 0.1) is 5.69 Å². The zero-order valence-electron chi connectivity index (χ0n) is 14.8. The number of fused-ring (bicyclic) bond motifs is 2. The molecule has 0 fully saturated rings. The summed E-state index contributed by atoms with van der Waals surface area (Å²) in [6, 6.07) is 11.7. The lowest BCUT2D eigenvalue weighted by molar-refractivity contribution is -0.119. The van der Waals surface area contributed by atoms with Crippen molar-refractivity contribution in [2.45, 2.75) is 6.92 Å². The van der Waals surface area contributed by atoms with Gasteiger partial charge in [0.15, 0.2) is 23.9 Å². The lowest BCUT2D eigenvalue weighted by atomic mass is 10.1. The summed E-state index contributed by atoms with van der Waals surface area (Å²) in [5.74, 6) is -0.775. The van der Waals surface area contributed by atoms with E-state index in [2.05, 4.69) is 5.32 Å². The van der Waals surface area contributed by atoms with Crippen LogP contribution in [0, 0.1) is 0 Å². The molecule has 1 aliphatic rings. The van der Waals surface area contributed by atoms with Crippen molar-refractivity contribution in [2.75, 3.05) is 18.7 Å². The van der Waals surface area contributed by atoms with Crippen LogP contribution in [0.15, 0.2) is 46.9 Å². The number of Topliss-reactive ketones (excluding diaryl/α,β-unsaturated/α-hetero) is 1. The number of hydrogen-bond acceptors (Lipinski definition) is 7. The van der Waals surface area contributed by atoms with Gasteiger partial charge in [0.25, 0.3) is 5.91 Å². The molecule has 0 unspecified atom stereocenters. The molecule has 0 aliphatic carbocycles. The molecular formula is C20H15NO7. The van der Waals surface area contributed by atoms with Crippen LogP contribution in [-0.2, 0) is 9.53 Å². The third-order valence-electron chi connectivity index (χ3n) is 4.13. The number of para-hydroxylation sites is 1. The van der Waals surface area contributed by atoms with E-state index in [1.54, 1.807) is 24.3 Å². The molecular weight excluding hydrogens is 366 g/mol. The lowest BCUT2D eigenvalue weighted by Gasteiger charge is -2.10. The number of benzene rings is 2. The first kappa shape index (κ1) is 17.6. The summed E-state index contributed by atoms with van der Waals surface area (Å²) in [6.45, 7) is 0.871. The number of rotatable bonds is 5. The van der Waals surface area contributed by atoms with Gasteiger partial charge >= 0.3 is 5.97 Å². The van der Waals surface area contributed by atoms with Crippen molar-refractivity contribution < 1.29 is 33.0 Å². The smallest absolute Gasteiger partial charge is 0.374 e. The number of hydrogen-bond donors (Lipinski definition) is 1. The van der Waals surface area contributed by atoms with Gasteiger partial charge in [-0.15, -0.1) is 0 Å². The van der Waals surface area contributed by atoms with E-state index in [1.165, 1.54) is 19.1 Å². The molecule has 3 aromatic rings. The van der Waals surface area contributed by atoms with E-state index in [0.717, 1.165) is 5.39 Å². The molecule has 0 radical (unpaired) electrons. The summed E-state index contributed by atoms with van der Waals surface area (Å²) in [4.78, 5) is 36.1. The van der Waals surface area contributed by atoms with Crippen LogP contribution < -0.4 is 14.8 Å². The van der Waals surface area contributed by atoms with E-state index >= 15 is 0 Å². The zero-order chi connectivity index (χ0) is 19.7. The van der Waals surface area contributed by atoms with Gasteiger partial charge < -0.3 is 23.9 Å². The Balaban J connectivity index is 1.43. The fourth-order valence-electron chi connectivity index (χ4n) is 2.81. The first-order chi connectivity index (χ1) is 13.5. The van der Waals surface area contributed by atoms with Crippen LogP contribution in [0.3, 0.4) is 0 Å². The van der Waals surface area contributed by atoms with E-state index in [-0.39, 0.29) is 29.6 Å². The second-order valence-corrected chi connectivity index (χ2v) is 6.08. The Kier molecular flexibility index (Phi) is 4.44. The molecule has 1 N–H and O–H groups in total. The van der Waals surface area contributed by atoms with E-state index in [9.17, 15) is 14.4 Å². The predicted octanol–water partition coefficient (Wildman–Crippen LogP) is 3.16. The van der Waals surface area contributed by atoms with Gasteiger partial charge in [-0.2, -0.15) is 0 Å². The number of furan rings is 1. The van der Waals surface area contributed by atoms with Crippen LogP contribution in [-0.4, -0.2) is 31.1 Å². The molecule has 2 aromatic carbocycles. The first-order valence-electron chi connectivity index (χ1n) is 8.41. The Morgan fingerprint density at radius 3 is 2.57 bits per heavy atom. The quantitative estimate of drug-likeness (QED) is 0.535. The Hall–Kier alpha value is -3.81. The molecule has 0 atom stereocenters. The number of amides is 1. The van der Waals surface area contributed by atoms with Gasteiger partial charge in [0.2, 0.25) is 12.6 Å². The van der Waals surface area contributed by atoms with Crippen LogP contribution in [0.4, 0.5) is 5.69 Å². The number of anilines is 1. The summed E-state index contributed by atoms with van der Waals surface area (Å²) < 4.78 is 20.9. The van der Waals surface area contributed by atoms with Gasteiger partial charge in [-0.25, -0.2) is 4.79 Å². The van der Waals surface area contributed by atoms with Crippen molar-refractivity contribution in [1.29, 1.82) is 0 Å². The summed E-state index contributed by atoms with van der Waals surface area (Å²) in [5.41, 5.74) is 1.06. The highest BCUT2D eigenvalue weighted by atomic mass is 16.7. The molecule has 1 aliphatic heterocycles. The summed E-state index contributed by atoms with van der Waals surface area (Å²) in [7, 11) is 0. The monoisotopic (exact) mass is 381 g/mol. The molecule has 0 saturated heterocycles. The molecule has 1 amide bonds. The van der Waals surface area contributed by atoms with Crippen molar-refractivity contribution in [2.24, 2.45) is 0 Å². The topological polar surface area (TPSA) is 104 Å². The third kappa shape index (κ3) is 3.39. The van der Waals surface area contributed by atoms with Crippen molar-refractivity contribution in [3.8, 4) is 11.5 Å². The third-order valence-corrected chi connectivity index (χ3v) is 4.13. The van der Waals surface area contributed by atoms with Crippen molar-refractivity contribution in [1.82, 2.24) is 0 Å². The molecule has 0 bridgehead atoms. The maximum Gasteiger partial charge on any atom is 0.374 e. The average molecular weight is 381 g/mol.